The van der Waals surface area contributed by atoms with Crippen LogP contribution in [0.25, 0.3) is 11.1 Å². The molecule has 3 aromatic rings. The number of benzene rings is 2. The maximum atomic E-state index is 13.0. The fourth-order valence-electron chi connectivity index (χ4n) is 3.57. The predicted molar refractivity (Wildman–Crippen MR) is 111 cm³/mol. The zero-order chi connectivity index (χ0) is 20.1. The molecule has 1 amide bonds. The summed E-state index contributed by atoms with van der Waals surface area (Å²) >= 11 is 0. The summed E-state index contributed by atoms with van der Waals surface area (Å²) in [6, 6.07) is 16.2. The third-order valence-electron chi connectivity index (χ3n) is 5.20. The Labute approximate surface area is 169 Å². The fraction of sp³-hybridized carbons (Fsp3) is 0.261. The number of carbonyl (C=O) groups is 1. The molecule has 5 nitrogen and oxygen atoms in total. The van der Waals surface area contributed by atoms with Crippen LogP contribution in [-0.2, 0) is 11.3 Å². The van der Waals surface area contributed by atoms with Gasteiger partial charge < -0.3 is 10.2 Å². The summed E-state index contributed by atoms with van der Waals surface area (Å²) in [6.07, 6.45) is 5.41. The first-order chi connectivity index (χ1) is 14.2. The smallest absolute Gasteiger partial charge is 0.225 e. The molecule has 0 bridgehead atoms. The lowest BCUT2D eigenvalue weighted by Crippen LogP contribution is -2.43. The van der Waals surface area contributed by atoms with Gasteiger partial charge in [-0.3, -0.25) is 4.79 Å². The van der Waals surface area contributed by atoms with Gasteiger partial charge >= 0.3 is 0 Å². The number of carbonyl (C=O) groups excluding carboxylic acids is 1. The van der Waals surface area contributed by atoms with Crippen LogP contribution < -0.4 is 10.2 Å². The number of anilines is 1. The highest BCUT2D eigenvalue weighted by Gasteiger charge is 2.27. The number of halogens is 1. The molecule has 0 saturated carbocycles. The highest BCUT2D eigenvalue weighted by atomic mass is 19.1. The summed E-state index contributed by atoms with van der Waals surface area (Å²) in [6.45, 7) is 1.84. The van der Waals surface area contributed by atoms with Crippen LogP contribution in [0.3, 0.4) is 0 Å². The van der Waals surface area contributed by atoms with E-state index >= 15 is 0 Å². The molecule has 1 aromatic heterocycles. The van der Waals surface area contributed by atoms with Crippen molar-refractivity contribution in [3.63, 3.8) is 0 Å². The first-order valence-corrected chi connectivity index (χ1v) is 9.83. The summed E-state index contributed by atoms with van der Waals surface area (Å²) in [5.41, 5.74) is 2.93. The van der Waals surface area contributed by atoms with Crippen LogP contribution in [0, 0.1) is 11.7 Å². The monoisotopic (exact) mass is 390 g/mol. The average molecular weight is 390 g/mol. The predicted octanol–water partition coefficient (Wildman–Crippen LogP) is 3.82. The van der Waals surface area contributed by atoms with Crippen LogP contribution in [0.1, 0.15) is 18.4 Å². The Hall–Kier alpha value is -3.28. The molecule has 2 aromatic carbocycles. The molecule has 0 aliphatic carbocycles. The number of aromatic nitrogens is 2. The highest BCUT2D eigenvalue weighted by molar-refractivity contribution is 5.79. The Bertz CT molecular complexity index is 945. The molecular formula is C23H23FN4O. The average Bonchev–Trinajstić information content (AvgIpc) is 2.79. The molecular weight excluding hydrogens is 367 g/mol. The van der Waals surface area contributed by atoms with E-state index in [1.807, 2.05) is 42.7 Å². The fourth-order valence-corrected chi connectivity index (χ4v) is 3.57. The second-order valence-electron chi connectivity index (χ2n) is 7.27. The van der Waals surface area contributed by atoms with E-state index in [0.29, 0.717) is 19.0 Å². The lowest BCUT2D eigenvalue weighted by molar-refractivity contribution is -0.125. The summed E-state index contributed by atoms with van der Waals surface area (Å²) in [4.78, 5) is 23.7. The summed E-state index contributed by atoms with van der Waals surface area (Å²) < 4.78 is 13.0. The Morgan fingerprint density at radius 2 is 1.76 bits per heavy atom. The molecule has 29 heavy (non-hydrogen) atoms. The number of amides is 1. The molecule has 1 fully saturated rings. The van der Waals surface area contributed by atoms with Crippen molar-refractivity contribution in [2.45, 2.75) is 19.4 Å². The maximum Gasteiger partial charge on any atom is 0.225 e. The van der Waals surface area contributed by atoms with Crippen LogP contribution >= 0.6 is 0 Å². The van der Waals surface area contributed by atoms with Gasteiger partial charge in [0.1, 0.15) is 5.82 Å². The Balaban J connectivity index is 1.36. The zero-order valence-corrected chi connectivity index (χ0v) is 16.1. The molecule has 1 saturated heterocycles. The van der Waals surface area contributed by atoms with Gasteiger partial charge in [-0.15, -0.1) is 0 Å². The topological polar surface area (TPSA) is 58.1 Å². The van der Waals surface area contributed by atoms with Crippen LogP contribution in [0.5, 0.6) is 0 Å². The van der Waals surface area contributed by atoms with Gasteiger partial charge in [0.2, 0.25) is 11.9 Å². The molecule has 1 aliphatic rings. The van der Waals surface area contributed by atoms with E-state index < -0.39 is 0 Å². The van der Waals surface area contributed by atoms with E-state index in [2.05, 4.69) is 20.2 Å². The van der Waals surface area contributed by atoms with E-state index in [9.17, 15) is 9.18 Å². The third-order valence-corrected chi connectivity index (χ3v) is 5.20. The van der Waals surface area contributed by atoms with Gasteiger partial charge in [-0.1, -0.05) is 42.5 Å². The second-order valence-corrected chi connectivity index (χ2v) is 7.27. The van der Waals surface area contributed by atoms with Gasteiger partial charge in [0, 0.05) is 37.6 Å². The van der Waals surface area contributed by atoms with Crippen molar-refractivity contribution in [1.29, 1.82) is 0 Å². The minimum absolute atomic E-state index is 0.0138. The summed E-state index contributed by atoms with van der Waals surface area (Å²) in [5, 5.41) is 2.96. The maximum absolute atomic E-state index is 13.0. The number of piperidine rings is 1. The number of nitrogens with one attached hydrogen (secondary N) is 1. The Kier molecular flexibility index (Phi) is 5.79. The highest BCUT2D eigenvalue weighted by Crippen LogP contribution is 2.23. The number of nitrogens with zero attached hydrogens (tertiary/aromatic N) is 3. The molecule has 1 atom stereocenters. The van der Waals surface area contributed by atoms with Gasteiger partial charge in [-0.25, -0.2) is 14.4 Å². The molecule has 1 N–H and O–H groups in total. The molecule has 0 radical (unpaired) electrons. The van der Waals surface area contributed by atoms with Crippen LogP contribution in [0.15, 0.2) is 67.0 Å². The first kappa shape index (κ1) is 19.1. The quantitative estimate of drug-likeness (QED) is 0.720. The summed E-state index contributed by atoms with van der Waals surface area (Å²) in [7, 11) is 0. The van der Waals surface area contributed by atoms with E-state index in [4.69, 9.17) is 0 Å². The number of hydrogen-bond donors (Lipinski definition) is 1. The normalized spacial score (nSPS) is 16.4. The second kappa shape index (κ2) is 8.82. The molecule has 0 spiro atoms. The third kappa shape index (κ3) is 4.77. The standard InChI is InChI=1S/C23H23FN4O/c24-21-10-8-17(9-11-21)13-25-22(29)19-7-4-12-28(16-19)23-26-14-20(15-27-23)18-5-2-1-3-6-18/h1-3,5-6,8-11,14-15,19H,4,7,12-13,16H2,(H,25,29)/t19-/m1/s1. The lowest BCUT2D eigenvalue weighted by atomic mass is 9.97. The van der Waals surface area contributed by atoms with Gasteiger partial charge in [0.25, 0.3) is 0 Å². The first-order valence-electron chi connectivity index (χ1n) is 9.83. The largest absolute Gasteiger partial charge is 0.352 e. The van der Waals surface area contributed by atoms with Crippen molar-refractivity contribution in [1.82, 2.24) is 15.3 Å². The van der Waals surface area contributed by atoms with Crippen molar-refractivity contribution in [3.8, 4) is 11.1 Å². The minimum Gasteiger partial charge on any atom is -0.352 e. The van der Waals surface area contributed by atoms with Crippen molar-refractivity contribution in [2.75, 3.05) is 18.0 Å². The number of hydrogen-bond acceptors (Lipinski definition) is 4. The van der Waals surface area contributed by atoms with Crippen molar-refractivity contribution < 1.29 is 9.18 Å². The van der Waals surface area contributed by atoms with Gasteiger partial charge in [0.05, 0.1) is 5.92 Å². The molecule has 4 rings (SSSR count). The van der Waals surface area contributed by atoms with Crippen LogP contribution in [-0.4, -0.2) is 29.0 Å². The van der Waals surface area contributed by atoms with Crippen molar-refractivity contribution in [3.05, 3.63) is 78.4 Å². The van der Waals surface area contributed by atoms with Gasteiger partial charge in [-0.2, -0.15) is 0 Å². The SMILES string of the molecule is O=C(NCc1ccc(F)cc1)[C@@H]1CCCN(c2ncc(-c3ccccc3)cn2)C1. The van der Waals surface area contributed by atoms with E-state index in [-0.39, 0.29) is 17.6 Å². The van der Waals surface area contributed by atoms with Crippen LogP contribution in [0.2, 0.25) is 0 Å². The summed E-state index contributed by atoms with van der Waals surface area (Å²) in [5.74, 6) is 0.281. The van der Waals surface area contributed by atoms with E-state index in [1.54, 1.807) is 12.1 Å². The Morgan fingerprint density at radius 1 is 1.03 bits per heavy atom. The lowest BCUT2D eigenvalue weighted by Gasteiger charge is -2.32. The molecule has 6 heteroatoms. The molecule has 2 heterocycles. The van der Waals surface area contributed by atoms with E-state index in [0.717, 1.165) is 36.1 Å². The minimum atomic E-state index is -0.277. The van der Waals surface area contributed by atoms with Gasteiger partial charge in [0.15, 0.2) is 0 Å². The van der Waals surface area contributed by atoms with Gasteiger partial charge in [-0.05, 0) is 36.1 Å². The van der Waals surface area contributed by atoms with Crippen molar-refractivity contribution in [2.24, 2.45) is 5.92 Å². The zero-order valence-electron chi connectivity index (χ0n) is 16.1. The molecule has 1 aliphatic heterocycles. The van der Waals surface area contributed by atoms with Crippen molar-refractivity contribution >= 4 is 11.9 Å². The number of rotatable bonds is 5. The molecule has 0 unspecified atom stereocenters. The molecule has 148 valence electrons. The van der Waals surface area contributed by atoms with E-state index in [1.165, 1.54) is 12.1 Å². The van der Waals surface area contributed by atoms with Crippen LogP contribution in [0.4, 0.5) is 10.3 Å². The Morgan fingerprint density at radius 3 is 2.48 bits per heavy atom.